The van der Waals surface area contributed by atoms with Crippen LogP contribution in [0.2, 0.25) is 4.34 Å². The van der Waals surface area contributed by atoms with E-state index >= 15 is 0 Å². The Morgan fingerprint density at radius 3 is 2.50 bits per heavy atom. The quantitative estimate of drug-likeness (QED) is 0.822. The average molecular weight is 256 g/mol. The van der Waals surface area contributed by atoms with Gasteiger partial charge in [-0.3, -0.25) is 0 Å². The number of carbonyl (C=O) groups is 1. The monoisotopic (exact) mass is 255 g/mol. The number of nitrogens with two attached hydrogens (primary N) is 1. The van der Waals surface area contributed by atoms with Crippen LogP contribution in [-0.4, -0.2) is 24.9 Å². The first-order valence-corrected chi connectivity index (χ1v) is 6.07. The molecule has 5 nitrogen and oxygen atoms in total. The molecule has 1 aromatic rings. The molecule has 0 saturated carbocycles. The maximum absolute atomic E-state index is 11.4. The van der Waals surface area contributed by atoms with E-state index in [9.17, 15) is 13.2 Å². The standard InChI is InChI=1S/C6H6ClNO4S2/c7-3-1-2-4(13-3)14(11,12)5(8)6(9)10/h1-2,5H,8H2,(H,9,10). The third-order valence-corrected chi connectivity index (χ3v) is 4.95. The van der Waals surface area contributed by atoms with E-state index in [0.29, 0.717) is 0 Å². The van der Waals surface area contributed by atoms with Crippen LogP contribution in [0.4, 0.5) is 0 Å². The zero-order chi connectivity index (χ0) is 10.9. The lowest BCUT2D eigenvalue weighted by Crippen LogP contribution is -2.38. The van der Waals surface area contributed by atoms with E-state index in [2.05, 4.69) is 0 Å². The summed E-state index contributed by atoms with van der Waals surface area (Å²) in [6.07, 6.45) is 0. The topological polar surface area (TPSA) is 97.5 Å². The van der Waals surface area contributed by atoms with Crippen LogP contribution in [-0.2, 0) is 14.6 Å². The highest BCUT2D eigenvalue weighted by Gasteiger charge is 2.31. The third-order valence-electron chi connectivity index (χ3n) is 1.41. The van der Waals surface area contributed by atoms with Gasteiger partial charge in [0.1, 0.15) is 4.21 Å². The van der Waals surface area contributed by atoms with Gasteiger partial charge in [0.15, 0.2) is 0 Å². The molecule has 0 aromatic carbocycles. The smallest absolute Gasteiger partial charge is 0.336 e. The lowest BCUT2D eigenvalue weighted by molar-refractivity contribution is -0.136. The Labute approximate surface area is 89.0 Å². The summed E-state index contributed by atoms with van der Waals surface area (Å²) in [4.78, 5) is 10.4. The van der Waals surface area contributed by atoms with Crippen molar-refractivity contribution >= 4 is 38.7 Å². The van der Waals surface area contributed by atoms with Crippen LogP contribution in [0.1, 0.15) is 0 Å². The fourth-order valence-corrected chi connectivity index (χ4v) is 3.44. The van der Waals surface area contributed by atoms with Gasteiger partial charge in [0.2, 0.25) is 15.2 Å². The van der Waals surface area contributed by atoms with Crippen molar-refractivity contribution in [2.75, 3.05) is 0 Å². The molecule has 0 fully saturated rings. The molecule has 0 aliphatic carbocycles. The van der Waals surface area contributed by atoms with Crippen molar-refractivity contribution in [1.82, 2.24) is 0 Å². The van der Waals surface area contributed by atoms with Gasteiger partial charge in [-0.25, -0.2) is 13.2 Å². The van der Waals surface area contributed by atoms with E-state index in [0.717, 1.165) is 11.3 Å². The van der Waals surface area contributed by atoms with Gasteiger partial charge in [-0.15, -0.1) is 11.3 Å². The highest BCUT2D eigenvalue weighted by atomic mass is 35.5. The van der Waals surface area contributed by atoms with Crippen LogP contribution in [0.3, 0.4) is 0 Å². The second kappa shape index (κ2) is 3.85. The van der Waals surface area contributed by atoms with Gasteiger partial charge >= 0.3 is 5.97 Å². The van der Waals surface area contributed by atoms with E-state index in [4.69, 9.17) is 22.4 Å². The number of rotatable bonds is 3. The van der Waals surface area contributed by atoms with Crippen molar-refractivity contribution in [2.45, 2.75) is 9.58 Å². The SMILES string of the molecule is NC(C(=O)O)S(=O)(=O)c1ccc(Cl)s1. The van der Waals surface area contributed by atoms with Crippen molar-refractivity contribution in [3.05, 3.63) is 16.5 Å². The Balaban J connectivity index is 3.15. The first kappa shape index (κ1) is 11.4. The average Bonchev–Trinajstić information content (AvgIpc) is 2.50. The summed E-state index contributed by atoms with van der Waals surface area (Å²) in [6, 6.07) is 2.60. The van der Waals surface area contributed by atoms with Gasteiger partial charge in [-0.1, -0.05) is 11.6 Å². The predicted molar refractivity (Wildman–Crippen MR) is 52.1 cm³/mol. The van der Waals surface area contributed by atoms with Gasteiger partial charge in [-0.05, 0) is 12.1 Å². The molecule has 0 radical (unpaired) electrons. The number of carboxylic acid groups (broad SMARTS) is 1. The summed E-state index contributed by atoms with van der Waals surface area (Å²) < 4.78 is 23.0. The zero-order valence-corrected chi connectivity index (χ0v) is 9.06. The number of aliphatic carboxylic acids is 1. The Kier molecular flexibility index (Phi) is 3.15. The summed E-state index contributed by atoms with van der Waals surface area (Å²) in [5.74, 6) is -1.59. The van der Waals surface area contributed by atoms with Crippen molar-refractivity contribution in [1.29, 1.82) is 0 Å². The molecular weight excluding hydrogens is 250 g/mol. The summed E-state index contributed by atoms with van der Waals surface area (Å²) >= 11 is 6.29. The van der Waals surface area contributed by atoms with Gasteiger partial charge < -0.3 is 10.8 Å². The first-order valence-electron chi connectivity index (χ1n) is 3.33. The van der Waals surface area contributed by atoms with E-state index in [-0.39, 0.29) is 8.55 Å². The second-order valence-corrected chi connectivity index (χ2v) is 6.37. The van der Waals surface area contributed by atoms with E-state index in [1.165, 1.54) is 12.1 Å². The molecule has 0 amide bonds. The first-order chi connectivity index (χ1) is 6.35. The predicted octanol–water partition coefficient (Wildman–Crippen LogP) is 0.545. The van der Waals surface area contributed by atoms with E-state index in [1.807, 2.05) is 0 Å². The molecule has 1 atom stereocenters. The minimum Gasteiger partial charge on any atom is -0.479 e. The zero-order valence-electron chi connectivity index (χ0n) is 6.68. The lowest BCUT2D eigenvalue weighted by Gasteiger charge is -2.05. The van der Waals surface area contributed by atoms with Crippen molar-refractivity contribution < 1.29 is 18.3 Å². The number of thiophene rings is 1. The molecule has 1 aromatic heterocycles. The molecule has 0 spiro atoms. The molecule has 14 heavy (non-hydrogen) atoms. The van der Waals surface area contributed by atoms with E-state index in [1.54, 1.807) is 0 Å². The second-order valence-electron chi connectivity index (χ2n) is 2.36. The van der Waals surface area contributed by atoms with E-state index < -0.39 is 21.2 Å². The molecule has 0 bridgehead atoms. The summed E-state index contributed by atoms with van der Waals surface area (Å²) in [5, 5.41) is 6.51. The molecule has 1 heterocycles. The fraction of sp³-hybridized carbons (Fsp3) is 0.167. The highest BCUT2D eigenvalue weighted by molar-refractivity contribution is 7.94. The minimum atomic E-state index is -4.01. The Hall–Kier alpha value is -0.630. The molecule has 0 saturated heterocycles. The largest absolute Gasteiger partial charge is 0.479 e. The van der Waals surface area contributed by atoms with Crippen LogP contribution in [0.5, 0.6) is 0 Å². The summed E-state index contributed by atoms with van der Waals surface area (Å²) in [6.45, 7) is 0. The molecule has 78 valence electrons. The molecular formula is C6H6ClNO4S2. The molecule has 8 heteroatoms. The van der Waals surface area contributed by atoms with Gasteiger partial charge in [-0.2, -0.15) is 0 Å². The van der Waals surface area contributed by atoms with Crippen LogP contribution < -0.4 is 5.73 Å². The highest BCUT2D eigenvalue weighted by Crippen LogP contribution is 2.27. The molecule has 1 unspecified atom stereocenters. The van der Waals surface area contributed by atoms with Gasteiger partial charge in [0, 0.05) is 0 Å². The lowest BCUT2D eigenvalue weighted by atomic mass is 10.7. The number of carboxylic acids is 1. The van der Waals surface area contributed by atoms with Crippen LogP contribution in [0.25, 0.3) is 0 Å². The molecule has 0 aliphatic rings. The van der Waals surface area contributed by atoms with Crippen LogP contribution >= 0.6 is 22.9 Å². The van der Waals surface area contributed by atoms with Crippen LogP contribution in [0, 0.1) is 0 Å². The van der Waals surface area contributed by atoms with Gasteiger partial charge in [0.25, 0.3) is 0 Å². The number of sulfone groups is 1. The van der Waals surface area contributed by atoms with Crippen LogP contribution in [0.15, 0.2) is 16.3 Å². The van der Waals surface area contributed by atoms with Crippen molar-refractivity contribution in [3.63, 3.8) is 0 Å². The molecule has 0 aliphatic heterocycles. The maximum atomic E-state index is 11.4. The number of halogens is 1. The van der Waals surface area contributed by atoms with Gasteiger partial charge in [0.05, 0.1) is 4.34 Å². The number of hydrogen-bond acceptors (Lipinski definition) is 5. The minimum absolute atomic E-state index is 0.141. The summed E-state index contributed by atoms with van der Waals surface area (Å²) in [5.41, 5.74) is 5.01. The molecule has 1 rings (SSSR count). The number of hydrogen-bond donors (Lipinski definition) is 2. The van der Waals surface area contributed by atoms with Crippen molar-refractivity contribution in [2.24, 2.45) is 5.73 Å². The molecule has 3 N–H and O–H groups in total. The summed E-state index contributed by atoms with van der Waals surface area (Å²) in [7, 11) is -4.01. The van der Waals surface area contributed by atoms with Crippen molar-refractivity contribution in [3.8, 4) is 0 Å². The Morgan fingerprint density at radius 1 is 1.57 bits per heavy atom. The Bertz CT molecular complexity index is 452. The third kappa shape index (κ3) is 2.06. The Morgan fingerprint density at radius 2 is 2.14 bits per heavy atom. The maximum Gasteiger partial charge on any atom is 0.336 e. The fourth-order valence-electron chi connectivity index (χ4n) is 0.708. The normalized spacial score (nSPS) is 13.9.